The Labute approximate surface area is 184 Å². The number of halogens is 6. The lowest BCUT2D eigenvalue weighted by molar-refractivity contribution is -0.287. The van der Waals surface area contributed by atoms with Crippen molar-refractivity contribution in [3.05, 3.63) is 59.7 Å². The molecule has 2 aromatic carbocycles. The fraction of sp³-hybridized carbons (Fsp3) is 0.364. The quantitative estimate of drug-likeness (QED) is 0.565. The van der Waals surface area contributed by atoms with Gasteiger partial charge in [0.25, 0.3) is 0 Å². The lowest BCUT2D eigenvalue weighted by Crippen LogP contribution is -2.48. The van der Waals surface area contributed by atoms with Gasteiger partial charge in [-0.2, -0.15) is 26.3 Å². The van der Waals surface area contributed by atoms with Gasteiger partial charge in [0.2, 0.25) is 0 Å². The average Bonchev–Trinajstić information content (AvgIpc) is 3.03. The summed E-state index contributed by atoms with van der Waals surface area (Å²) < 4.78 is 82.5. The summed E-state index contributed by atoms with van der Waals surface area (Å²) in [6, 6.07) is 12.2. The Balaban J connectivity index is 1.76. The number of nitrogens with zero attached hydrogens (tertiary/aromatic N) is 1. The first-order valence-corrected chi connectivity index (χ1v) is 9.76. The van der Waals surface area contributed by atoms with Crippen LogP contribution in [0.4, 0.5) is 31.1 Å². The van der Waals surface area contributed by atoms with E-state index in [4.69, 9.17) is 4.74 Å². The van der Waals surface area contributed by atoms with Gasteiger partial charge in [0, 0.05) is 13.0 Å². The molecular formula is C22H19F6NO4. The lowest BCUT2D eigenvalue weighted by Gasteiger charge is -2.30. The van der Waals surface area contributed by atoms with Crippen LogP contribution in [0.1, 0.15) is 23.5 Å². The molecule has 33 heavy (non-hydrogen) atoms. The molecule has 1 amide bonds. The second-order valence-electron chi connectivity index (χ2n) is 7.64. The molecule has 0 spiro atoms. The molecule has 0 saturated carbocycles. The fourth-order valence-electron chi connectivity index (χ4n) is 3.92. The third-order valence-electron chi connectivity index (χ3n) is 5.63. The maximum atomic E-state index is 12.9. The fourth-order valence-corrected chi connectivity index (χ4v) is 3.92. The van der Waals surface area contributed by atoms with E-state index in [-0.39, 0.29) is 11.5 Å². The molecule has 2 aromatic rings. The first-order valence-electron chi connectivity index (χ1n) is 9.76. The number of carbonyl (C=O) groups excluding carboxylic acids is 1. The molecule has 178 valence electrons. The predicted octanol–water partition coefficient (Wildman–Crippen LogP) is 5.45. The normalized spacial score (nSPS) is 14.5. The summed E-state index contributed by atoms with van der Waals surface area (Å²) in [5.74, 6) is -6.34. The highest BCUT2D eigenvalue weighted by Gasteiger charge is 2.58. The molecule has 0 heterocycles. The van der Waals surface area contributed by atoms with Crippen LogP contribution in [-0.4, -0.2) is 54.1 Å². The van der Waals surface area contributed by atoms with Gasteiger partial charge in [-0.1, -0.05) is 48.5 Å². The summed E-state index contributed by atoms with van der Waals surface area (Å²) in [6.07, 6.45) is -14.7. The Kier molecular flexibility index (Phi) is 6.62. The third kappa shape index (κ3) is 5.07. The number of hydrogen-bond acceptors (Lipinski definition) is 3. The number of ether oxygens (including phenoxy) is 1. The molecule has 1 aliphatic rings. The second kappa shape index (κ2) is 8.95. The van der Waals surface area contributed by atoms with Crippen LogP contribution in [0.3, 0.4) is 0 Å². The van der Waals surface area contributed by atoms with Crippen molar-refractivity contribution in [2.24, 2.45) is 5.92 Å². The van der Waals surface area contributed by atoms with Crippen molar-refractivity contribution in [3.8, 4) is 11.1 Å². The third-order valence-corrected chi connectivity index (χ3v) is 5.63. The van der Waals surface area contributed by atoms with E-state index in [0.717, 1.165) is 29.3 Å². The number of hydrogen-bond donors (Lipinski definition) is 1. The van der Waals surface area contributed by atoms with Gasteiger partial charge in [-0.15, -0.1) is 0 Å². The van der Waals surface area contributed by atoms with E-state index in [0.29, 0.717) is 0 Å². The first kappa shape index (κ1) is 24.4. The highest BCUT2D eigenvalue weighted by atomic mass is 19.4. The first-order chi connectivity index (χ1) is 15.3. The van der Waals surface area contributed by atoms with Crippen molar-refractivity contribution < 1.29 is 45.8 Å². The number of aliphatic carboxylic acids is 1. The number of amides is 1. The number of carboxylic acid groups (broad SMARTS) is 1. The number of benzene rings is 2. The number of carboxylic acids is 1. The molecule has 0 bridgehead atoms. The number of fused-ring (bicyclic) bond motifs is 3. The Hall–Kier alpha value is -3.24. The van der Waals surface area contributed by atoms with Gasteiger partial charge in [-0.3, -0.25) is 4.90 Å². The van der Waals surface area contributed by atoms with Crippen molar-refractivity contribution in [3.63, 3.8) is 0 Å². The van der Waals surface area contributed by atoms with Crippen molar-refractivity contribution >= 4 is 12.1 Å². The molecule has 1 unspecified atom stereocenters. The summed E-state index contributed by atoms with van der Waals surface area (Å²) >= 11 is 0. The van der Waals surface area contributed by atoms with Gasteiger partial charge in [0.15, 0.2) is 5.92 Å². The van der Waals surface area contributed by atoms with Crippen LogP contribution >= 0.6 is 0 Å². The number of likely N-dealkylation sites (N-methyl/N-ethyl adjacent to an activating group) is 1. The Morgan fingerprint density at radius 1 is 0.939 bits per heavy atom. The van der Waals surface area contributed by atoms with Crippen LogP contribution in [0.5, 0.6) is 0 Å². The summed E-state index contributed by atoms with van der Waals surface area (Å²) in [5, 5.41) is 9.23. The van der Waals surface area contributed by atoms with E-state index in [1.54, 1.807) is 12.1 Å². The van der Waals surface area contributed by atoms with Crippen LogP contribution in [0.15, 0.2) is 48.5 Å². The smallest absolute Gasteiger partial charge is 0.410 e. The summed E-state index contributed by atoms with van der Waals surface area (Å²) in [4.78, 5) is 24.1. The number of alkyl halides is 6. The molecule has 0 aliphatic heterocycles. The van der Waals surface area contributed by atoms with Gasteiger partial charge < -0.3 is 9.84 Å². The SMILES string of the molecule is CN(C(=O)OCC1c2ccccc2-c2ccccc21)C(CC(C(F)(F)F)C(F)(F)F)C(=O)O. The summed E-state index contributed by atoms with van der Waals surface area (Å²) in [7, 11) is 0.793. The zero-order valence-electron chi connectivity index (χ0n) is 17.2. The van der Waals surface area contributed by atoms with E-state index in [1.165, 1.54) is 0 Å². The molecule has 11 heteroatoms. The van der Waals surface area contributed by atoms with Crippen molar-refractivity contribution in [2.75, 3.05) is 13.7 Å². The van der Waals surface area contributed by atoms with Gasteiger partial charge in [-0.25, -0.2) is 9.59 Å². The van der Waals surface area contributed by atoms with E-state index in [9.17, 15) is 41.0 Å². The Morgan fingerprint density at radius 3 is 1.82 bits per heavy atom. The van der Waals surface area contributed by atoms with E-state index in [2.05, 4.69) is 0 Å². The molecule has 0 fully saturated rings. The zero-order valence-corrected chi connectivity index (χ0v) is 17.2. The van der Waals surface area contributed by atoms with Gasteiger partial charge in [0.1, 0.15) is 12.6 Å². The molecule has 1 aliphatic carbocycles. The molecule has 0 radical (unpaired) electrons. The molecular weight excluding hydrogens is 456 g/mol. The monoisotopic (exact) mass is 475 g/mol. The van der Waals surface area contributed by atoms with E-state index in [1.807, 2.05) is 36.4 Å². The molecule has 3 rings (SSSR count). The van der Waals surface area contributed by atoms with Crippen molar-refractivity contribution in [1.29, 1.82) is 0 Å². The van der Waals surface area contributed by atoms with Gasteiger partial charge in [-0.05, 0) is 28.7 Å². The van der Waals surface area contributed by atoms with Crippen LogP contribution in [0.2, 0.25) is 0 Å². The Morgan fingerprint density at radius 2 is 1.39 bits per heavy atom. The molecule has 0 aromatic heterocycles. The zero-order chi connectivity index (χ0) is 24.6. The van der Waals surface area contributed by atoms with Crippen LogP contribution in [0.25, 0.3) is 11.1 Å². The molecule has 1 atom stereocenters. The topological polar surface area (TPSA) is 66.8 Å². The van der Waals surface area contributed by atoms with Crippen LogP contribution in [-0.2, 0) is 9.53 Å². The minimum absolute atomic E-state index is 0.250. The summed E-state index contributed by atoms with van der Waals surface area (Å²) in [5.41, 5.74) is 3.48. The molecule has 0 saturated heterocycles. The number of carbonyl (C=O) groups is 2. The minimum atomic E-state index is -5.73. The van der Waals surface area contributed by atoms with Crippen LogP contribution < -0.4 is 0 Å². The van der Waals surface area contributed by atoms with Crippen LogP contribution in [0, 0.1) is 5.92 Å². The molecule has 1 N–H and O–H groups in total. The van der Waals surface area contributed by atoms with Gasteiger partial charge >= 0.3 is 24.4 Å². The van der Waals surface area contributed by atoms with Crippen molar-refractivity contribution in [2.45, 2.75) is 30.7 Å². The predicted molar refractivity (Wildman–Crippen MR) is 104 cm³/mol. The average molecular weight is 475 g/mol. The largest absolute Gasteiger partial charge is 0.480 e. The lowest BCUT2D eigenvalue weighted by atomic mass is 9.97. The molecule has 5 nitrogen and oxygen atoms in total. The maximum absolute atomic E-state index is 12.9. The summed E-state index contributed by atoms with van der Waals surface area (Å²) in [6.45, 7) is -0.272. The second-order valence-corrected chi connectivity index (χ2v) is 7.64. The Bertz CT molecular complexity index is 977. The van der Waals surface area contributed by atoms with E-state index >= 15 is 0 Å². The van der Waals surface area contributed by atoms with Crippen molar-refractivity contribution in [1.82, 2.24) is 4.90 Å². The highest BCUT2D eigenvalue weighted by molar-refractivity contribution is 5.81. The number of rotatable bonds is 6. The minimum Gasteiger partial charge on any atom is -0.480 e. The van der Waals surface area contributed by atoms with Gasteiger partial charge in [0.05, 0.1) is 0 Å². The van der Waals surface area contributed by atoms with E-state index < -0.39 is 48.7 Å². The standard InChI is InChI=1S/C22H19F6NO4/c1-29(17(19(30)31)10-18(21(23,24)25)22(26,27)28)20(32)33-11-16-14-8-4-2-6-12(14)13-7-3-5-9-15(13)16/h2-9,16-18H,10-11H2,1H3,(H,30,31). The highest BCUT2D eigenvalue weighted by Crippen LogP contribution is 2.45. The maximum Gasteiger partial charge on any atom is 0.410 e.